The third-order valence-electron chi connectivity index (χ3n) is 4.65. The van der Waals surface area contributed by atoms with E-state index in [-0.39, 0.29) is 12.0 Å². The Balaban J connectivity index is 1.30. The molecular formula is C23H23N3O3. The van der Waals surface area contributed by atoms with Gasteiger partial charge in [0.25, 0.3) is 5.91 Å². The van der Waals surface area contributed by atoms with Crippen molar-refractivity contribution in [2.45, 2.75) is 18.9 Å². The van der Waals surface area contributed by atoms with Crippen LogP contribution in [0.2, 0.25) is 0 Å². The van der Waals surface area contributed by atoms with Gasteiger partial charge >= 0.3 is 0 Å². The number of anilines is 2. The average Bonchev–Trinajstić information content (AvgIpc) is 3.28. The van der Waals surface area contributed by atoms with Crippen LogP contribution in [0, 0.1) is 0 Å². The van der Waals surface area contributed by atoms with Crippen LogP contribution >= 0.6 is 0 Å². The molecule has 0 aliphatic carbocycles. The Hall–Kier alpha value is -3.38. The van der Waals surface area contributed by atoms with Gasteiger partial charge in [-0.15, -0.1) is 0 Å². The molecule has 0 spiro atoms. The fourth-order valence-corrected chi connectivity index (χ4v) is 3.09. The van der Waals surface area contributed by atoms with E-state index >= 15 is 0 Å². The van der Waals surface area contributed by atoms with Gasteiger partial charge in [-0.1, -0.05) is 18.2 Å². The molecule has 1 atom stereocenters. The van der Waals surface area contributed by atoms with Crippen LogP contribution in [0.3, 0.4) is 0 Å². The first-order chi connectivity index (χ1) is 14.3. The van der Waals surface area contributed by atoms with E-state index in [1.807, 2.05) is 54.6 Å². The highest BCUT2D eigenvalue weighted by Gasteiger charge is 2.16. The Morgan fingerprint density at radius 1 is 1.03 bits per heavy atom. The molecule has 6 heteroatoms. The molecule has 3 aromatic rings. The molecule has 1 aliphatic rings. The van der Waals surface area contributed by atoms with Crippen LogP contribution in [0.15, 0.2) is 72.9 Å². The first-order valence-electron chi connectivity index (χ1n) is 9.72. The van der Waals surface area contributed by atoms with Gasteiger partial charge in [-0.2, -0.15) is 0 Å². The Morgan fingerprint density at radius 2 is 1.83 bits per heavy atom. The molecule has 1 amide bonds. The highest BCUT2D eigenvalue weighted by atomic mass is 16.5. The van der Waals surface area contributed by atoms with Crippen molar-refractivity contribution < 1.29 is 14.3 Å². The summed E-state index contributed by atoms with van der Waals surface area (Å²) in [6.07, 6.45) is 3.75. The molecule has 0 bridgehead atoms. The Labute approximate surface area is 169 Å². The van der Waals surface area contributed by atoms with Crippen molar-refractivity contribution in [2.75, 3.05) is 18.5 Å². The second-order valence-corrected chi connectivity index (χ2v) is 6.84. The monoisotopic (exact) mass is 389 g/mol. The minimum atomic E-state index is -0.137. The van der Waals surface area contributed by atoms with Crippen LogP contribution in [0.5, 0.6) is 11.5 Å². The van der Waals surface area contributed by atoms with Gasteiger partial charge in [0.15, 0.2) is 0 Å². The second kappa shape index (κ2) is 9.21. The number of nitrogens with one attached hydrogen (secondary N) is 2. The summed E-state index contributed by atoms with van der Waals surface area (Å²) >= 11 is 0. The van der Waals surface area contributed by atoms with Gasteiger partial charge in [-0.3, -0.25) is 4.79 Å². The summed E-state index contributed by atoms with van der Waals surface area (Å²) < 4.78 is 11.3. The van der Waals surface area contributed by atoms with E-state index in [0.717, 1.165) is 36.6 Å². The van der Waals surface area contributed by atoms with Gasteiger partial charge in [0.2, 0.25) is 0 Å². The van der Waals surface area contributed by atoms with E-state index in [2.05, 4.69) is 15.6 Å². The van der Waals surface area contributed by atoms with Crippen molar-refractivity contribution in [2.24, 2.45) is 0 Å². The topological polar surface area (TPSA) is 72.5 Å². The first kappa shape index (κ1) is 19.0. The maximum atomic E-state index is 12.2. The molecule has 1 unspecified atom stereocenters. The zero-order valence-corrected chi connectivity index (χ0v) is 16.0. The normalized spacial score (nSPS) is 15.7. The summed E-state index contributed by atoms with van der Waals surface area (Å²) in [5.41, 5.74) is 1.41. The molecule has 6 nitrogen and oxygen atoms in total. The summed E-state index contributed by atoms with van der Waals surface area (Å²) in [7, 11) is 0. The van der Waals surface area contributed by atoms with Crippen molar-refractivity contribution in [1.82, 2.24) is 10.3 Å². The van der Waals surface area contributed by atoms with Crippen LogP contribution in [0.25, 0.3) is 0 Å². The number of para-hydroxylation sites is 1. The lowest BCUT2D eigenvalue weighted by Crippen LogP contribution is -2.31. The highest BCUT2D eigenvalue weighted by molar-refractivity contribution is 5.94. The number of pyridine rings is 1. The number of carbonyl (C=O) groups is 1. The maximum absolute atomic E-state index is 12.2. The van der Waals surface area contributed by atoms with E-state index in [4.69, 9.17) is 9.47 Å². The predicted octanol–water partition coefficient (Wildman–Crippen LogP) is 4.53. The number of aromatic nitrogens is 1. The van der Waals surface area contributed by atoms with Crippen LogP contribution < -0.4 is 15.4 Å². The molecule has 4 rings (SSSR count). The largest absolute Gasteiger partial charge is 0.457 e. The number of ether oxygens (including phenoxy) is 2. The standard InChI is InChI=1S/C23H23N3O3/c27-23(25-16-21-7-4-14-28-21)17-8-13-22(24-15-17)26-18-9-11-20(12-10-18)29-19-5-2-1-3-6-19/h1-3,5-6,8-13,15,21H,4,7,14,16H2,(H,24,26)(H,25,27). The summed E-state index contributed by atoms with van der Waals surface area (Å²) in [6.45, 7) is 1.32. The minimum absolute atomic E-state index is 0.127. The Bertz CT molecular complexity index is 922. The van der Waals surface area contributed by atoms with Crippen LogP contribution in [0.4, 0.5) is 11.5 Å². The number of hydrogen-bond donors (Lipinski definition) is 2. The zero-order valence-electron chi connectivity index (χ0n) is 16.0. The molecule has 1 aliphatic heterocycles. The molecule has 29 heavy (non-hydrogen) atoms. The summed E-state index contributed by atoms with van der Waals surface area (Å²) in [4.78, 5) is 16.5. The first-order valence-corrected chi connectivity index (χ1v) is 9.72. The van der Waals surface area contributed by atoms with Crippen LogP contribution in [-0.4, -0.2) is 30.1 Å². The molecule has 1 aromatic heterocycles. The number of amides is 1. The minimum Gasteiger partial charge on any atom is -0.457 e. The molecular weight excluding hydrogens is 366 g/mol. The second-order valence-electron chi connectivity index (χ2n) is 6.84. The predicted molar refractivity (Wildman–Crippen MR) is 112 cm³/mol. The van der Waals surface area contributed by atoms with Gasteiger partial charge in [0.05, 0.1) is 11.7 Å². The van der Waals surface area contributed by atoms with Crippen molar-refractivity contribution in [3.63, 3.8) is 0 Å². The molecule has 1 saturated heterocycles. The van der Waals surface area contributed by atoms with Gasteiger partial charge in [-0.25, -0.2) is 4.98 Å². The van der Waals surface area contributed by atoms with E-state index in [9.17, 15) is 4.79 Å². The number of hydrogen-bond acceptors (Lipinski definition) is 5. The van der Waals surface area contributed by atoms with Gasteiger partial charge in [0.1, 0.15) is 17.3 Å². The lowest BCUT2D eigenvalue weighted by molar-refractivity contribution is 0.0857. The molecule has 2 aromatic carbocycles. The Morgan fingerprint density at radius 3 is 2.52 bits per heavy atom. The van der Waals surface area contributed by atoms with Crippen molar-refractivity contribution in [3.8, 4) is 11.5 Å². The smallest absolute Gasteiger partial charge is 0.252 e. The van der Waals surface area contributed by atoms with E-state index < -0.39 is 0 Å². The van der Waals surface area contributed by atoms with Crippen molar-refractivity contribution >= 4 is 17.4 Å². The number of rotatable bonds is 7. The van der Waals surface area contributed by atoms with E-state index in [1.165, 1.54) is 0 Å². The van der Waals surface area contributed by atoms with Crippen molar-refractivity contribution in [3.05, 3.63) is 78.5 Å². The average molecular weight is 389 g/mol. The third-order valence-corrected chi connectivity index (χ3v) is 4.65. The summed E-state index contributed by atoms with van der Waals surface area (Å²) in [6, 6.07) is 20.8. The van der Waals surface area contributed by atoms with Crippen LogP contribution in [0.1, 0.15) is 23.2 Å². The lowest BCUT2D eigenvalue weighted by Gasteiger charge is -2.11. The Kier molecular flexibility index (Phi) is 6.02. The fourth-order valence-electron chi connectivity index (χ4n) is 3.09. The lowest BCUT2D eigenvalue weighted by atomic mass is 10.2. The number of nitrogens with zero attached hydrogens (tertiary/aromatic N) is 1. The van der Waals surface area contributed by atoms with E-state index in [0.29, 0.717) is 17.9 Å². The molecule has 0 radical (unpaired) electrons. The van der Waals surface area contributed by atoms with Gasteiger partial charge in [-0.05, 0) is 61.4 Å². The molecule has 148 valence electrons. The SMILES string of the molecule is O=C(NCC1CCCO1)c1ccc(Nc2ccc(Oc3ccccc3)cc2)nc1. The molecule has 1 fully saturated rings. The number of carbonyl (C=O) groups excluding carboxylic acids is 1. The quantitative estimate of drug-likeness (QED) is 0.621. The number of benzene rings is 2. The highest BCUT2D eigenvalue weighted by Crippen LogP contribution is 2.24. The molecule has 2 N–H and O–H groups in total. The summed E-state index contributed by atoms with van der Waals surface area (Å²) in [5, 5.41) is 6.12. The van der Waals surface area contributed by atoms with Crippen LogP contribution in [-0.2, 0) is 4.74 Å². The zero-order chi connectivity index (χ0) is 19.9. The van der Waals surface area contributed by atoms with Crippen molar-refractivity contribution in [1.29, 1.82) is 0 Å². The van der Waals surface area contributed by atoms with Gasteiger partial charge < -0.3 is 20.1 Å². The molecule has 0 saturated carbocycles. The maximum Gasteiger partial charge on any atom is 0.252 e. The summed E-state index contributed by atoms with van der Waals surface area (Å²) in [5.74, 6) is 2.08. The third kappa shape index (κ3) is 5.33. The fraction of sp³-hybridized carbons (Fsp3) is 0.217. The van der Waals surface area contributed by atoms with Gasteiger partial charge in [0, 0.05) is 25.0 Å². The molecule has 2 heterocycles. The van der Waals surface area contributed by atoms with E-state index in [1.54, 1.807) is 18.3 Å².